The van der Waals surface area contributed by atoms with Gasteiger partial charge in [-0.3, -0.25) is 0 Å². The average molecular weight is 304 g/mol. The van der Waals surface area contributed by atoms with Gasteiger partial charge in [0.25, 0.3) is 0 Å². The summed E-state index contributed by atoms with van der Waals surface area (Å²) in [5.41, 5.74) is 4.25. The van der Waals surface area contributed by atoms with Crippen molar-refractivity contribution in [2.45, 2.75) is 0 Å². The van der Waals surface area contributed by atoms with E-state index in [-0.39, 0.29) is 0 Å². The lowest BCUT2D eigenvalue weighted by Gasteiger charge is -2.11. The summed E-state index contributed by atoms with van der Waals surface area (Å²) in [5, 5.41) is 0. The second-order valence-electron chi connectivity index (χ2n) is 5.03. The smallest absolute Gasteiger partial charge is 0.408 e. The lowest BCUT2D eigenvalue weighted by molar-refractivity contribution is 0.290. The summed E-state index contributed by atoms with van der Waals surface area (Å²) >= 11 is 0. The van der Waals surface area contributed by atoms with E-state index in [9.17, 15) is 0 Å². The zero-order valence-electron chi connectivity index (χ0n) is 13.1. The monoisotopic (exact) mass is 304 g/mol. The summed E-state index contributed by atoms with van der Waals surface area (Å²) in [6.07, 6.45) is 0. The Kier molecular flexibility index (Phi) is 4.81. The van der Waals surface area contributed by atoms with Crippen LogP contribution in [-0.2, 0) is 9.31 Å². The van der Waals surface area contributed by atoms with E-state index in [4.69, 9.17) is 9.31 Å². The minimum absolute atomic E-state index is 0.509. The Balaban J connectivity index is 2.15. The lowest BCUT2D eigenvalue weighted by Crippen LogP contribution is -2.40. The summed E-state index contributed by atoms with van der Waals surface area (Å²) in [7, 11) is 2.56. The molecule has 0 aliphatic rings. The zero-order valence-corrected chi connectivity index (χ0v) is 13.1. The van der Waals surface area contributed by atoms with Crippen LogP contribution in [0.1, 0.15) is 0 Å². The van der Waals surface area contributed by atoms with Gasteiger partial charge in [0, 0.05) is 25.3 Å². The van der Waals surface area contributed by atoms with Crippen LogP contribution in [-0.4, -0.2) is 31.3 Å². The van der Waals surface area contributed by atoms with Gasteiger partial charge in [0.15, 0.2) is 5.72 Å². The van der Waals surface area contributed by atoms with E-state index in [1.807, 2.05) is 66.7 Å². The van der Waals surface area contributed by atoms with E-state index >= 15 is 0 Å². The molecule has 0 saturated heterocycles. The fraction of sp³-hybridized carbons (Fsp3) is 0.111. The van der Waals surface area contributed by atoms with E-state index in [2.05, 4.69) is 9.97 Å². The van der Waals surface area contributed by atoms with E-state index in [1.54, 1.807) is 14.2 Å². The van der Waals surface area contributed by atoms with Crippen LogP contribution in [0.2, 0.25) is 0 Å². The molecule has 3 rings (SSSR count). The topological polar surface area (TPSA) is 44.2 Å². The molecule has 3 aromatic rings. The van der Waals surface area contributed by atoms with Crippen molar-refractivity contribution in [3.8, 4) is 22.5 Å². The Morgan fingerprint density at radius 2 is 1.13 bits per heavy atom. The van der Waals surface area contributed by atoms with Crippen molar-refractivity contribution in [1.29, 1.82) is 0 Å². The SMILES string of the molecule is COB(OC)c1nc(-c2ccccc2)cc(-c2ccccc2)n1. The molecule has 23 heavy (non-hydrogen) atoms. The highest BCUT2D eigenvalue weighted by Crippen LogP contribution is 2.22. The highest BCUT2D eigenvalue weighted by atomic mass is 16.6. The standard InChI is InChI=1S/C18H17BN2O2/c1-22-19(23-2)18-20-16(14-9-5-3-6-10-14)13-17(21-18)15-11-7-4-8-12-15/h3-13H,1-2H3. The van der Waals surface area contributed by atoms with Gasteiger partial charge < -0.3 is 9.31 Å². The maximum Gasteiger partial charge on any atom is 0.533 e. The largest absolute Gasteiger partial charge is 0.533 e. The summed E-state index contributed by atoms with van der Waals surface area (Å²) in [6, 6.07) is 22.0. The summed E-state index contributed by atoms with van der Waals surface area (Å²) < 4.78 is 10.6. The summed E-state index contributed by atoms with van der Waals surface area (Å²) in [6.45, 7) is 0. The van der Waals surface area contributed by atoms with Crippen LogP contribution in [0.15, 0.2) is 66.7 Å². The first kappa shape index (κ1) is 15.4. The maximum absolute atomic E-state index is 5.32. The van der Waals surface area contributed by atoms with E-state index < -0.39 is 7.12 Å². The summed E-state index contributed by atoms with van der Waals surface area (Å²) in [4.78, 5) is 9.22. The second kappa shape index (κ2) is 7.18. The molecule has 0 fully saturated rings. The van der Waals surface area contributed by atoms with Crippen LogP contribution in [0.5, 0.6) is 0 Å². The number of hydrogen-bond donors (Lipinski definition) is 0. The Labute approximate surface area is 136 Å². The molecule has 2 aromatic carbocycles. The number of rotatable bonds is 5. The average Bonchev–Trinajstić information content (AvgIpc) is 2.64. The minimum Gasteiger partial charge on any atom is -0.408 e. The van der Waals surface area contributed by atoms with Gasteiger partial charge in [-0.1, -0.05) is 60.7 Å². The van der Waals surface area contributed by atoms with Crippen molar-refractivity contribution in [2.75, 3.05) is 14.2 Å². The molecule has 1 aromatic heterocycles. The normalized spacial score (nSPS) is 10.5. The highest BCUT2D eigenvalue weighted by molar-refractivity contribution is 6.59. The molecule has 0 aliphatic heterocycles. The van der Waals surface area contributed by atoms with Gasteiger partial charge in [0.2, 0.25) is 0 Å². The van der Waals surface area contributed by atoms with E-state index in [0.29, 0.717) is 5.72 Å². The molecular weight excluding hydrogens is 287 g/mol. The first-order chi connectivity index (χ1) is 11.3. The molecule has 0 bridgehead atoms. The van der Waals surface area contributed by atoms with Crippen molar-refractivity contribution in [2.24, 2.45) is 0 Å². The van der Waals surface area contributed by atoms with Gasteiger partial charge in [-0.15, -0.1) is 0 Å². The molecular formula is C18H17BN2O2. The molecule has 0 aliphatic carbocycles. The van der Waals surface area contributed by atoms with Crippen molar-refractivity contribution in [1.82, 2.24) is 9.97 Å². The molecule has 0 spiro atoms. The van der Waals surface area contributed by atoms with Crippen LogP contribution in [0.3, 0.4) is 0 Å². The molecule has 0 N–H and O–H groups in total. The molecule has 0 amide bonds. The van der Waals surface area contributed by atoms with Crippen LogP contribution >= 0.6 is 0 Å². The zero-order chi connectivity index (χ0) is 16.1. The fourth-order valence-electron chi connectivity index (χ4n) is 2.39. The Morgan fingerprint density at radius 3 is 1.52 bits per heavy atom. The van der Waals surface area contributed by atoms with Gasteiger partial charge in [-0.05, 0) is 6.07 Å². The van der Waals surface area contributed by atoms with Gasteiger partial charge in [-0.25, -0.2) is 9.97 Å². The summed E-state index contributed by atoms with van der Waals surface area (Å²) in [5.74, 6) is 0. The third-order valence-corrected chi connectivity index (χ3v) is 3.52. The minimum atomic E-state index is -0.596. The van der Waals surface area contributed by atoms with Crippen LogP contribution in [0, 0.1) is 0 Å². The first-order valence-corrected chi connectivity index (χ1v) is 7.37. The molecule has 1 heterocycles. The van der Waals surface area contributed by atoms with Crippen molar-refractivity contribution >= 4 is 12.8 Å². The molecule has 114 valence electrons. The Hall–Kier alpha value is -2.50. The molecule has 5 heteroatoms. The van der Waals surface area contributed by atoms with Crippen LogP contribution in [0.25, 0.3) is 22.5 Å². The molecule has 0 saturated carbocycles. The number of aromatic nitrogens is 2. The Morgan fingerprint density at radius 1 is 0.696 bits per heavy atom. The van der Waals surface area contributed by atoms with Gasteiger partial charge in [-0.2, -0.15) is 0 Å². The molecule has 0 unspecified atom stereocenters. The third-order valence-electron chi connectivity index (χ3n) is 3.52. The van der Waals surface area contributed by atoms with E-state index in [1.165, 1.54) is 0 Å². The van der Waals surface area contributed by atoms with Gasteiger partial charge in [0.1, 0.15) is 0 Å². The molecule has 0 atom stereocenters. The lowest BCUT2D eigenvalue weighted by atomic mass is 9.88. The Bertz CT molecular complexity index is 705. The van der Waals surface area contributed by atoms with Crippen LogP contribution in [0.4, 0.5) is 0 Å². The highest BCUT2D eigenvalue weighted by Gasteiger charge is 2.23. The number of benzene rings is 2. The number of nitrogens with zero attached hydrogens (tertiary/aromatic N) is 2. The van der Waals surface area contributed by atoms with Crippen molar-refractivity contribution < 1.29 is 9.31 Å². The number of hydrogen-bond acceptors (Lipinski definition) is 4. The van der Waals surface area contributed by atoms with Gasteiger partial charge in [0.05, 0.1) is 11.4 Å². The molecule has 0 radical (unpaired) electrons. The fourth-order valence-corrected chi connectivity index (χ4v) is 2.39. The molecule has 4 nitrogen and oxygen atoms in total. The predicted octanol–water partition coefficient (Wildman–Crippen LogP) is 2.80. The van der Waals surface area contributed by atoms with E-state index in [0.717, 1.165) is 22.5 Å². The van der Waals surface area contributed by atoms with Crippen molar-refractivity contribution in [3.63, 3.8) is 0 Å². The quantitative estimate of drug-likeness (QED) is 0.680. The van der Waals surface area contributed by atoms with Crippen LogP contribution < -0.4 is 5.72 Å². The maximum atomic E-state index is 5.32. The first-order valence-electron chi connectivity index (χ1n) is 7.37. The predicted molar refractivity (Wildman–Crippen MR) is 92.3 cm³/mol. The second-order valence-corrected chi connectivity index (χ2v) is 5.03. The van der Waals surface area contributed by atoms with Gasteiger partial charge >= 0.3 is 7.12 Å². The third kappa shape index (κ3) is 3.47. The van der Waals surface area contributed by atoms with Crippen molar-refractivity contribution in [3.05, 3.63) is 66.7 Å².